The lowest BCUT2D eigenvalue weighted by Gasteiger charge is -2.23. The van der Waals surface area contributed by atoms with Crippen molar-refractivity contribution in [2.75, 3.05) is 19.8 Å². The average molecular weight is 286 g/mol. The van der Waals surface area contributed by atoms with Crippen molar-refractivity contribution in [3.8, 4) is 0 Å². The number of nitrogens with zero attached hydrogens (tertiary/aromatic N) is 1. The second-order valence-electron chi connectivity index (χ2n) is 4.83. The van der Waals surface area contributed by atoms with Gasteiger partial charge in [-0.25, -0.2) is 8.42 Å². The molecule has 1 aliphatic rings. The van der Waals surface area contributed by atoms with Crippen LogP contribution in [0.1, 0.15) is 30.2 Å². The fraction of sp³-hybridized carbons (Fsp3) is 0.583. The van der Waals surface area contributed by atoms with Gasteiger partial charge < -0.3 is 9.73 Å². The summed E-state index contributed by atoms with van der Waals surface area (Å²) in [6.45, 7) is -0.164. The maximum atomic E-state index is 11.9. The van der Waals surface area contributed by atoms with E-state index in [0.717, 1.165) is 41.1 Å². The van der Waals surface area contributed by atoms with E-state index in [4.69, 9.17) is 4.42 Å². The van der Waals surface area contributed by atoms with Gasteiger partial charge in [0.05, 0.1) is 25.1 Å². The third kappa shape index (κ3) is 3.36. The number of hydrogen-bond acceptors (Lipinski definition) is 4. The third-order valence-corrected chi connectivity index (χ3v) is 4.58. The lowest BCUT2D eigenvalue weighted by molar-refractivity contribution is -0.122. The van der Waals surface area contributed by atoms with Crippen LogP contribution in [0.25, 0.3) is 0 Å². The van der Waals surface area contributed by atoms with Crippen LogP contribution in [-0.4, -0.2) is 38.5 Å². The smallest absolute Gasteiger partial charge is 0.235 e. The summed E-state index contributed by atoms with van der Waals surface area (Å²) in [7, 11) is -1.95. The van der Waals surface area contributed by atoms with E-state index >= 15 is 0 Å². The standard InChI is InChI=1S/C12H18N2O4S/c1-14(19(2,16)17)8-12(15)13-10-4-3-5-11-9(10)6-7-18-11/h6-7,10H,3-5,8H2,1-2H3,(H,13,15). The van der Waals surface area contributed by atoms with Gasteiger partial charge in [-0.3, -0.25) is 4.79 Å². The molecule has 2 rings (SSSR count). The number of hydrogen-bond donors (Lipinski definition) is 1. The van der Waals surface area contributed by atoms with Gasteiger partial charge in [-0.05, 0) is 18.9 Å². The zero-order valence-electron chi connectivity index (χ0n) is 11.0. The molecule has 0 radical (unpaired) electrons. The topological polar surface area (TPSA) is 79.6 Å². The Balaban J connectivity index is 1.98. The highest BCUT2D eigenvalue weighted by atomic mass is 32.2. The summed E-state index contributed by atoms with van der Waals surface area (Å²) in [6, 6.07) is 1.78. The van der Waals surface area contributed by atoms with E-state index in [-0.39, 0.29) is 18.5 Å². The minimum absolute atomic E-state index is 0.0806. The molecule has 1 aliphatic carbocycles. The molecular formula is C12H18N2O4S. The second-order valence-corrected chi connectivity index (χ2v) is 6.92. The molecule has 0 aliphatic heterocycles. The minimum atomic E-state index is -3.33. The van der Waals surface area contributed by atoms with Crippen molar-refractivity contribution < 1.29 is 17.6 Å². The molecule has 1 amide bonds. The molecule has 0 spiro atoms. The first-order chi connectivity index (χ1) is 8.88. The van der Waals surface area contributed by atoms with Gasteiger partial charge >= 0.3 is 0 Å². The lowest BCUT2D eigenvalue weighted by atomic mass is 9.93. The first-order valence-corrected chi connectivity index (χ1v) is 7.99. The van der Waals surface area contributed by atoms with Crippen LogP contribution in [0.2, 0.25) is 0 Å². The van der Waals surface area contributed by atoms with Gasteiger partial charge in [0.15, 0.2) is 0 Å². The summed E-state index contributed by atoms with van der Waals surface area (Å²) in [5.41, 5.74) is 1.00. The molecule has 19 heavy (non-hydrogen) atoms. The number of furan rings is 1. The Hall–Kier alpha value is -1.34. The van der Waals surface area contributed by atoms with Crippen molar-refractivity contribution in [3.05, 3.63) is 23.7 Å². The van der Waals surface area contributed by atoms with Crippen LogP contribution >= 0.6 is 0 Å². The van der Waals surface area contributed by atoms with Crippen LogP contribution in [0.4, 0.5) is 0 Å². The van der Waals surface area contributed by atoms with Crippen LogP contribution in [0, 0.1) is 0 Å². The zero-order chi connectivity index (χ0) is 14.0. The van der Waals surface area contributed by atoms with Gasteiger partial charge in [-0.15, -0.1) is 0 Å². The number of amides is 1. The molecule has 0 bridgehead atoms. The van der Waals surface area contributed by atoms with Crippen molar-refractivity contribution in [1.82, 2.24) is 9.62 Å². The van der Waals surface area contributed by atoms with Crippen molar-refractivity contribution in [2.24, 2.45) is 0 Å². The lowest BCUT2D eigenvalue weighted by Crippen LogP contribution is -2.40. The molecule has 0 fully saturated rings. The Kier molecular flexibility index (Phi) is 3.96. The molecule has 1 unspecified atom stereocenters. The minimum Gasteiger partial charge on any atom is -0.469 e. The van der Waals surface area contributed by atoms with Gasteiger partial charge in [0.25, 0.3) is 0 Å². The SMILES string of the molecule is CN(CC(=O)NC1CCCc2occc21)S(C)(=O)=O. The fourth-order valence-electron chi connectivity index (χ4n) is 2.20. The molecule has 6 nitrogen and oxygen atoms in total. The largest absolute Gasteiger partial charge is 0.469 e. The fourth-order valence-corrected chi connectivity index (χ4v) is 2.55. The van der Waals surface area contributed by atoms with E-state index in [2.05, 4.69) is 5.32 Å². The van der Waals surface area contributed by atoms with Crippen LogP contribution in [0.15, 0.2) is 16.7 Å². The molecule has 7 heteroatoms. The predicted octanol–water partition coefficient (Wildman–Crippen LogP) is 0.665. The molecule has 1 N–H and O–H groups in total. The molecular weight excluding hydrogens is 268 g/mol. The normalized spacial score (nSPS) is 19.2. The Labute approximate surface area is 112 Å². The number of rotatable bonds is 4. The highest BCUT2D eigenvalue weighted by Crippen LogP contribution is 2.30. The van der Waals surface area contributed by atoms with E-state index < -0.39 is 10.0 Å². The second kappa shape index (κ2) is 5.34. The van der Waals surface area contributed by atoms with Gasteiger partial charge in [0.1, 0.15) is 5.76 Å². The summed E-state index contributed by atoms with van der Waals surface area (Å²) in [4.78, 5) is 11.9. The van der Waals surface area contributed by atoms with E-state index in [1.807, 2.05) is 6.07 Å². The molecule has 1 aromatic rings. The number of carbonyl (C=O) groups is 1. The Bertz CT molecular complexity index is 564. The molecule has 0 saturated carbocycles. The first-order valence-electron chi connectivity index (χ1n) is 6.15. The summed E-state index contributed by atoms with van der Waals surface area (Å²) < 4.78 is 28.9. The number of aryl methyl sites for hydroxylation is 1. The number of nitrogens with one attached hydrogen (secondary N) is 1. The van der Waals surface area contributed by atoms with E-state index in [1.54, 1.807) is 6.26 Å². The van der Waals surface area contributed by atoms with Crippen molar-refractivity contribution in [1.29, 1.82) is 0 Å². The zero-order valence-corrected chi connectivity index (χ0v) is 11.9. The number of fused-ring (bicyclic) bond motifs is 1. The average Bonchev–Trinajstić information content (AvgIpc) is 2.76. The highest BCUT2D eigenvalue weighted by molar-refractivity contribution is 7.88. The predicted molar refractivity (Wildman–Crippen MR) is 70.0 cm³/mol. The van der Waals surface area contributed by atoms with Crippen LogP contribution in [0.3, 0.4) is 0 Å². The molecule has 106 valence electrons. The van der Waals surface area contributed by atoms with Crippen molar-refractivity contribution in [2.45, 2.75) is 25.3 Å². The quantitative estimate of drug-likeness (QED) is 0.882. The summed E-state index contributed by atoms with van der Waals surface area (Å²) in [6.07, 6.45) is 5.39. The maximum absolute atomic E-state index is 11.9. The van der Waals surface area contributed by atoms with Gasteiger partial charge in [-0.2, -0.15) is 4.31 Å². The maximum Gasteiger partial charge on any atom is 0.235 e. The van der Waals surface area contributed by atoms with Crippen LogP contribution < -0.4 is 5.32 Å². The van der Waals surface area contributed by atoms with E-state index in [1.165, 1.54) is 7.05 Å². The van der Waals surface area contributed by atoms with Crippen LogP contribution in [0.5, 0.6) is 0 Å². The van der Waals surface area contributed by atoms with Crippen molar-refractivity contribution in [3.63, 3.8) is 0 Å². The summed E-state index contributed by atoms with van der Waals surface area (Å²) in [5.74, 6) is 0.611. The first kappa shape index (κ1) is 14.1. The number of likely N-dealkylation sites (N-methyl/N-ethyl adjacent to an activating group) is 1. The Morgan fingerprint density at radius 1 is 1.58 bits per heavy atom. The number of sulfonamides is 1. The molecule has 0 aromatic carbocycles. The number of carbonyl (C=O) groups excluding carboxylic acids is 1. The molecule has 1 aromatic heterocycles. The van der Waals surface area contributed by atoms with Crippen molar-refractivity contribution >= 4 is 15.9 Å². The summed E-state index contributed by atoms with van der Waals surface area (Å²) in [5, 5.41) is 2.86. The van der Waals surface area contributed by atoms with Crippen LogP contribution in [-0.2, 0) is 21.2 Å². The highest BCUT2D eigenvalue weighted by Gasteiger charge is 2.25. The van der Waals surface area contributed by atoms with E-state index in [0.29, 0.717) is 0 Å². The monoisotopic (exact) mass is 286 g/mol. The Morgan fingerprint density at radius 2 is 2.32 bits per heavy atom. The van der Waals surface area contributed by atoms with E-state index in [9.17, 15) is 13.2 Å². The molecule has 1 atom stereocenters. The van der Waals surface area contributed by atoms with Gasteiger partial charge in [0.2, 0.25) is 15.9 Å². The molecule has 0 saturated heterocycles. The third-order valence-electron chi connectivity index (χ3n) is 3.32. The Morgan fingerprint density at radius 3 is 3.00 bits per heavy atom. The molecule has 1 heterocycles. The van der Waals surface area contributed by atoms with Gasteiger partial charge in [0, 0.05) is 19.0 Å². The summed E-state index contributed by atoms with van der Waals surface area (Å²) >= 11 is 0. The van der Waals surface area contributed by atoms with Gasteiger partial charge in [-0.1, -0.05) is 0 Å².